The van der Waals surface area contributed by atoms with Crippen LogP contribution in [0.15, 0.2) is 199 Å². The molecule has 11 aromatic rings. The first-order chi connectivity index (χ1) is 27.8. The van der Waals surface area contributed by atoms with Gasteiger partial charge < -0.3 is 8.98 Å². The Kier molecular flexibility index (Phi) is 7.42. The third-order valence-corrected chi connectivity index (χ3v) is 10.7. The van der Waals surface area contributed by atoms with Crippen LogP contribution in [0.4, 0.5) is 0 Å². The number of hydrogen-bond donors (Lipinski definition) is 0. The molecule has 3 aromatic heterocycles. The lowest BCUT2D eigenvalue weighted by Gasteiger charge is -2.11. The van der Waals surface area contributed by atoms with Crippen LogP contribution in [0.25, 0.3) is 106 Å². The Morgan fingerprint density at radius 2 is 0.804 bits per heavy atom. The van der Waals surface area contributed by atoms with Crippen LogP contribution in [0, 0.1) is 0 Å². The van der Waals surface area contributed by atoms with Crippen molar-refractivity contribution in [1.82, 2.24) is 19.5 Å². The summed E-state index contributed by atoms with van der Waals surface area (Å²) in [7, 11) is 0. The molecule has 0 atom stereocenters. The molecule has 5 nitrogen and oxygen atoms in total. The summed E-state index contributed by atoms with van der Waals surface area (Å²) in [6.07, 6.45) is 0. The lowest BCUT2D eigenvalue weighted by Crippen LogP contribution is -2.00. The quantitative estimate of drug-likeness (QED) is 0.172. The van der Waals surface area contributed by atoms with E-state index in [0.717, 1.165) is 82.8 Å². The van der Waals surface area contributed by atoms with E-state index in [1.54, 1.807) is 0 Å². The molecule has 0 aliphatic rings. The number of nitrogens with zero attached hydrogens (tertiary/aromatic N) is 4. The molecule has 0 aliphatic carbocycles. The number of fused-ring (bicyclic) bond motifs is 6. The molecular weight excluding hydrogens is 685 g/mol. The maximum absolute atomic E-state index is 6.92. The number of aromatic nitrogens is 4. The first kappa shape index (κ1) is 31.9. The maximum Gasteiger partial charge on any atom is 0.164 e. The lowest BCUT2D eigenvalue weighted by molar-refractivity contribution is 0.667. The van der Waals surface area contributed by atoms with Crippen LogP contribution >= 0.6 is 0 Å². The summed E-state index contributed by atoms with van der Waals surface area (Å²) in [6, 6.07) is 67.2. The first-order valence-electron chi connectivity index (χ1n) is 18.8. The zero-order chi connectivity index (χ0) is 37.0. The van der Waals surface area contributed by atoms with E-state index in [-0.39, 0.29) is 0 Å². The Morgan fingerprint density at radius 1 is 0.321 bits per heavy atom. The average Bonchev–Trinajstić information content (AvgIpc) is 3.84. The summed E-state index contributed by atoms with van der Waals surface area (Å²) < 4.78 is 9.24. The normalized spacial score (nSPS) is 11.6. The van der Waals surface area contributed by atoms with Gasteiger partial charge in [0, 0.05) is 43.8 Å². The van der Waals surface area contributed by atoms with Crippen LogP contribution in [-0.2, 0) is 0 Å². The van der Waals surface area contributed by atoms with E-state index in [0.29, 0.717) is 17.5 Å². The van der Waals surface area contributed by atoms with Crippen molar-refractivity contribution in [1.29, 1.82) is 0 Å². The van der Waals surface area contributed by atoms with Gasteiger partial charge in [-0.1, -0.05) is 176 Å². The minimum Gasteiger partial charge on any atom is -0.453 e. The molecule has 0 spiro atoms. The van der Waals surface area contributed by atoms with Crippen molar-refractivity contribution in [2.75, 3.05) is 0 Å². The van der Waals surface area contributed by atoms with Gasteiger partial charge >= 0.3 is 0 Å². The van der Waals surface area contributed by atoms with Crippen LogP contribution in [0.3, 0.4) is 0 Å². The summed E-state index contributed by atoms with van der Waals surface area (Å²) in [5, 5.41) is 4.33. The summed E-state index contributed by atoms with van der Waals surface area (Å²) in [4.78, 5) is 15.4. The van der Waals surface area contributed by atoms with Gasteiger partial charge in [0.25, 0.3) is 0 Å². The Morgan fingerprint density at radius 3 is 1.54 bits per heavy atom. The molecule has 8 aromatic carbocycles. The SMILES string of the molecule is c1ccc(-c2ccc(-c3nc(-c4ccccc4)nc(-c4cccc5c4c4ccccc4n5-c4cccc5c4oc4c(-c6ccccc6)cccc45)n3)cc2)cc1. The second-order valence-corrected chi connectivity index (χ2v) is 14.0. The predicted molar refractivity (Wildman–Crippen MR) is 229 cm³/mol. The van der Waals surface area contributed by atoms with Crippen molar-refractivity contribution in [2.45, 2.75) is 0 Å². The van der Waals surface area contributed by atoms with E-state index in [9.17, 15) is 0 Å². The third-order valence-electron chi connectivity index (χ3n) is 10.7. The van der Waals surface area contributed by atoms with Gasteiger partial charge in [0.1, 0.15) is 5.58 Å². The van der Waals surface area contributed by atoms with Gasteiger partial charge in [-0.2, -0.15) is 0 Å². The highest BCUT2D eigenvalue weighted by molar-refractivity contribution is 6.17. The van der Waals surface area contributed by atoms with Crippen molar-refractivity contribution >= 4 is 43.7 Å². The molecule has 0 saturated carbocycles. The predicted octanol–water partition coefficient (Wildman–Crippen LogP) is 13.2. The van der Waals surface area contributed by atoms with Crippen molar-refractivity contribution in [3.63, 3.8) is 0 Å². The lowest BCUT2D eigenvalue weighted by atomic mass is 10.0. The van der Waals surface area contributed by atoms with E-state index in [4.69, 9.17) is 19.4 Å². The highest BCUT2D eigenvalue weighted by Gasteiger charge is 2.22. The third kappa shape index (κ3) is 5.21. The molecule has 0 unspecified atom stereocenters. The van der Waals surface area contributed by atoms with Crippen LogP contribution in [-0.4, -0.2) is 19.5 Å². The molecule has 0 fully saturated rings. The zero-order valence-electron chi connectivity index (χ0n) is 30.2. The molecule has 262 valence electrons. The van der Waals surface area contributed by atoms with Crippen molar-refractivity contribution in [3.8, 4) is 62.1 Å². The number of furan rings is 1. The molecule has 0 bridgehead atoms. The Balaban J connectivity index is 1.13. The van der Waals surface area contributed by atoms with Crippen LogP contribution < -0.4 is 0 Å². The largest absolute Gasteiger partial charge is 0.453 e. The van der Waals surface area contributed by atoms with Gasteiger partial charge in [-0.25, -0.2) is 15.0 Å². The summed E-state index contributed by atoms with van der Waals surface area (Å²) in [5.41, 5.74) is 12.1. The molecule has 5 heteroatoms. The van der Waals surface area contributed by atoms with E-state index in [2.05, 4.69) is 156 Å². The van der Waals surface area contributed by atoms with Crippen LogP contribution in [0.2, 0.25) is 0 Å². The fraction of sp³-hybridized carbons (Fsp3) is 0. The monoisotopic (exact) mass is 716 g/mol. The van der Waals surface area contributed by atoms with Gasteiger partial charge in [0.2, 0.25) is 0 Å². The molecule has 0 N–H and O–H groups in total. The number of para-hydroxylation sites is 3. The highest BCUT2D eigenvalue weighted by atomic mass is 16.3. The number of benzene rings is 8. The molecule has 0 amide bonds. The zero-order valence-corrected chi connectivity index (χ0v) is 30.2. The first-order valence-corrected chi connectivity index (χ1v) is 18.8. The number of hydrogen-bond acceptors (Lipinski definition) is 4. The van der Waals surface area contributed by atoms with E-state index in [1.807, 2.05) is 42.5 Å². The van der Waals surface area contributed by atoms with E-state index >= 15 is 0 Å². The summed E-state index contributed by atoms with van der Waals surface area (Å²) in [6.45, 7) is 0. The van der Waals surface area contributed by atoms with Crippen molar-refractivity contribution in [3.05, 3.63) is 194 Å². The van der Waals surface area contributed by atoms with Crippen LogP contribution in [0.5, 0.6) is 0 Å². The minimum absolute atomic E-state index is 0.615. The van der Waals surface area contributed by atoms with Gasteiger partial charge in [-0.3, -0.25) is 0 Å². The standard InChI is InChI=1S/C51H32N4O/c1-4-15-33(16-5-1)34-29-31-37(32-30-34)50-52-49(36-19-8-3-9-20-36)53-51(54-50)42-25-14-27-44-46(42)41-21-10-11-26-43(41)55(44)45-28-13-24-40-39-23-12-22-38(47(39)56-48(40)45)35-17-6-2-7-18-35/h1-32H. The fourth-order valence-corrected chi connectivity index (χ4v) is 8.08. The fourth-order valence-electron chi connectivity index (χ4n) is 8.08. The van der Waals surface area contributed by atoms with Gasteiger partial charge in [-0.05, 0) is 34.9 Å². The Hall–Kier alpha value is -7.63. The molecule has 0 saturated heterocycles. The van der Waals surface area contributed by atoms with Crippen molar-refractivity contribution < 1.29 is 4.42 Å². The van der Waals surface area contributed by atoms with E-state index < -0.39 is 0 Å². The smallest absolute Gasteiger partial charge is 0.164 e. The summed E-state index contributed by atoms with van der Waals surface area (Å²) in [5.74, 6) is 1.86. The minimum atomic E-state index is 0.615. The molecule has 0 aliphatic heterocycles. The molecule has 56 heavy (non-hydrogen) atoms. The second kappa shape index (κ2) is 13.0. The molecular formula is C51H32N4O. The highest BCUT2D eigenvalue weighted by Crippen LogP contribution is 2.42. The average molecular weight is 717 g/mol. The van der Waals surface area contributed by atoms with Gasteiger partial charge in [0.05, 0.1) is 16.7 Å². The topological polar surface area (TPSA) is 56.7 Å². The number of rotatable bonds is 6. The molecule has 0 radical (unpaired) electrons. The Labute approximate surface area is 322 Å². The summed E-state index contributed by atoms with van der Waals surface area (Å²) >= 11 is 0. The Bertz CT molecular complexity index is 3220. The maximum atomic E-state index is 6.92. The van der Waals surface area contributed by atoms with Gasteiger partial charge in [-0.15, -0.1) is 0 Å². The van der Waals surface area contributed by atoms with Gasteiger partial charge in [0.15, 0.2) is 23.1 Å². The molecule has 3 heterocycles. The second-order valence-electron chi connectivity index (χ2n) is 14.0. The van der Waals surface area contributed by atoms with Crippen LogP contribution in [0.1, 0.15) is 0 Å². The van der Waals surface area contributed by atoms with E-state index in [1.165, 1.54) is 5.56 Å². The van der Waals surface area contributed by atoms with Crippen molar-refractivity contribution in [2.24, 2.45) is 0 Å². The molecule has 11 rings (SSSR count).